The van der Waals surface area contributed by atoms with Gasteiger partial charge in [-0.15, -0.1) is 0 Å². The number of rotatable bonds is 10. The first-order chi connectivity index (χ1) is 14.9. The van der Waals surface area contributed by atoms with Gasteiger partial charge in [0.15, 0.2) is 5.78 Å². The van der Waals surface area contributed by atoms with E-state index in [4.69, 9.17) is 22.7 Å². The van der Waals surface area contributed by atoms with Gasteiger partial charge in [0.2, 0.25) is 0 Å². The molecule has 10 heteroatoms. The number of nitrogens with one attached hydrogen (secondary N) is 3. The van der Waals surface area contributed by atoms with E-state index in [1.807, 2.05) is 6.07 Å². The number of benzene rings is 2. The normalized spacial score (nSPS) is 10.6. The molecule has 3 N–H and O–H groups in total. The van der Waals surface area contributed by atoms with Crippen molar-refractivity contribution in [2.45, 2.75) is 12.2 Å². The van der Waals surface area contributed by atoms with E-state index < -0.39 is 11.7 Å². The van der Waals surface area contributed by atoms with Gasteiger partial charge in [0.1, 0.15) is 0 Å². The number of hydrogen-bond acceptors (Lipinski definition) is 6. The molecule has 2 aromatic rings. The van der Waals surface area contributed by atoms with Crippen molar-refractivity contribution in [2.75, 3.05) is 18.2 Å². The summed E-state index contributed by atoms with van der Waals surface area (Å²) in [6.45, 7) is 0. The van der Waals surface area contributed by atoms with Crippen LogP contribution in [-0.4, -0.2) is 36.7 Å². The maximum Gasteiger partial charge on any atom is 0.306 e. The van der Waals surface area contributed by atoms with Gasteiger partial charge in [-0.05, 0) is 35.9 Å². The summed E-state index contributed by atoms with van der Waals surface area (Å²) in [5, 5.41) is 10.3. The standard InChI is InChI=1S/C22H22ClN3O4S.Pd/c1-30-20(27)7-8-31-13-14-3-2-4-15(9-14)22(29)26-19-6-5-17(23)10-18(19)21(28)16(11-24)12-25;/h2-6,9-12H,7-8,13H2,1H3,(H4,24,25,26,28,29);/p-1. The second-order valence-electron chi connectivity index (χ2n) is 6.30. The minimum atomic E-state index is -0.585. The largest absolute Gasteiger partial charge is 0.704 e. The van der Waals surface area contributed by atoms with Crippen molar-refractivity contribution in [3.05, 3.63) is 81.7 Å². The van der Waals surface area contributed by atoms with Crippen LogP contribution in [0.2, 0.25) is 5.02 Å². The summed E-state index contributed by atoms with van der Waals surface area (Å²) in [6.07, 6.45) is 1.88. The van der Waals surface area contributed by atoms with Crippen molar-refractivity contribution in [1.29, 1.82) is 5.41 Å². The Morgan fingerprint density at radius 3 is 2.62 bits per heavy atom. The summed E-state index contributed by atoms with van der Waals surface area (Å²) in [6, 6.07) is 11.5. The third kappa shape index (κ3) is 7.92. The number of carbonyl (C=O) groups excluding carboxylic acids is 3. The molecule has 0 aliphatic rings. The fourth-order valence-electron chi connectivity index (χ4n) is 2.59. The molecule has 0 aliphatic heterocycles. The van der Waals surface area contributed by atoms with E-state index in [0.717, 1.165) is 18.0 Å². The number of allylic oxidation sites excluding steroid dienone is 1. The van der Waals surface area contributed by atoms with Crippen molar-refractivity contribution >= 4 is 52.9 Å². The van der Waals surface area contributed by atoms with Crippen LogP contribution in [0.3, 0.4) is 0 Å². The average Bonchev–Trinajstić information content (AvgIpc) is 2.78. The third-order valence-corrected chi connectivity index (χ3v) is 5.45. The van der Waals surface area contributed by atoms with Crippen LogP contribution in [-0.2, 0) is 35.7 Å². The topological polar surface area (TPSA) is 120 Å². The predicted octanol–water partition coefficient (Wildman–Crippen LogP) is 5.15. The quantitative estimate of drug-likeness (QED) is 0.103. The minimum absolute atomic E-state index is 0. The number of carbonyl (C=O) groups is 3. The minimum Gasteiger partial charge on any atom is -0.704 e. The molecular formula is C22H21ClN3O4PdS-. The molecule has 0 bridgehead atoms. The van der Waals surface area contributed by atoms with Crippen LogP contribution in [0.25, 0.3) is 5.73 Å². The molecule has 0 heterocycles. The molecule has 0 radical (unpaired) electrons. The summed E-state index contributed by atoms with van der Waals surface area (Å²) in [4.78, 5) is 36.5. The molecule has 2 aromatic carbocycles. The molecule has 0 atom stereocenters. The maximum atomic E-state index is 12.8. The predicted molar refractivity (Wildman–Crippen MR) is 124 cm³/mol. The number of amides is 1. The Morgan fingerprint density at radius 1 is 1.22 bits per heavy atom. The number of halogens is 1. The zero-order valence-electron chi connectivity index (χ0n) is 17.1. The van der Waals surface area contributed by atoms with E-state index in [2.05, 4.69) is 10.1 Å². The smallest absolute Gasteiger partial charge is 0.306 e. The molecule has 32 heavy (non-hydrogen) atoms. The summed E-state index contributed by atoms with van der Waals surface area (Å²) >= 11 is 7.55. The molecule has 0 fully saturated rings. The molecule has 1 amide bonds. The number of Topliss-reactive ketones (excluding diaryl/α,β-unsaturated/α-hetero) is 1. The Bertz CT molecular complexity index is 1030. The van der Waals surface area contributed by atoms with Crippen molar-refractivity contribution in [2.24, 2.45) is 0 Å². The zero-order valence-corrected chi connectivity index (χ0v) is 20.2. The third-order valence-electron chi connectivity index (χ3n) is 4.18. The maximum absolute atomic E-state index is 12.8. The first-order valence-corrected chi connectivity index (χ1v) is 10.7. The van der Waals surface area contributed by atoms with Gasteiger partial charge < -0.3 is 21.2 Å². The molecule has 0 aromatic heterocycles. The molecule has 172 valence electrons. The van der Waals surface area contributed by atoms with Gasteiger partial charge in [-0.3, -0.25) is 14.4 Å². The van der Waals surface area contributed by atoms with Gasteiger partial charge in [-0.25, -0.2) is 0 Å². The second-order valence-corrected chi connectivity index (χ2v) is 7.84. The van der Waals surface area contributed by atoms with Crippen LogP contribution in [0.4, 0.5) is 5.69 Å². The summed E-state index contributed by atoms with van der Waals surface area (Å²) in [5.74, 6) is -0.0270. The summed E-state index contributed by atoms with van der Waals surface area (Å²) in [5.41, 5.74) is 8.80. The summed E-state index contributed by atoms with van der Waals surface area (Å²) < 4.78 is 4.61. The van der Waals surface area contributed by atoms with Gasteiger partial charge in [0.25, 0.3) is 5.91 Å². The van der Waals surface area contributed by atoms with E-state index >= 15 is 0 Å². The number of methoxy groups -OCH3 is 1. The van der Waals surface area contributed by atoms with E-state index in [1.54, 1.807) is 30.0 Å². The molecule has 0 aliphatic carbocycles. The first-order valence-electron chi connectivity index (χ1n) is 9.16. The van der Waals surface area contributed by atoms with Crippen LogP contribution >= 0.6 is 23.4 Å². The van der Waals surface area contributed by atoms with Gasteiger partial charge in [-0.1, -0.05) is 23.7 Å². The monoisotopic (exact) mass is 564 g/mol. The Labute approximate surface area is 209 Å². The van der Waals surface area contributed by atoms with E-state index in [-0.39, 0.29) is 43.2 Å². The second kappa shape index (κ2) is 13.9. The summed E-state index contributed by atoms with van der Waals surface area (Å²) in [7, 11) is 1.35. The SMILES string of the molecule is COC(=O)CCSCc1cccc(C(=O)Nc2ccc(Cl)cc2C(=O)/C(C=N)=C/[NH-])c1.[Pd]. The Kier molecular flexibility index (Phi) is 12.0. The fourth-order valence-corrected chi connectivity index (χ4v) is 3.63. The van der Waals surface area contributed by atoms with Crippen molar-refractivity contribution in [3.8, 4) is 0 Å². The number of esters is 1. The number of anilines is 1. The van der Waals surface area contributed by atoms with Crippen molar-refractivity contribution in [3.63, 3.8) is 0 Å². The molecule has 0 unspecified atom stereocenters. The Morgan fingerprint density at radius 2 is 1.97 bits per heavy atom. The van der Waals surface area contributed by atoms with Crippen LogP contribution in [0.5, 0.6) is 0 Å². The van der Waals surface area contributed by atoms with Crippen LogP contribution in [0.1, 0.15) is 32.7 Å². The van der Waals surface area contributed by atoms with Crippen molar-refractivity contribution < 1.29 is 39.5 Å². The van der Waals surface area contributed by atoms with E-state index in [9.17, 15) is 14.4 Å². The van der Waals surface area contributed by atoms with Crippen LogP contribution < -0.4 is 5.32 Å². The number of ether oxygens (including phenoxy) is 1. The van der Waals surface area contributed by atoms with Crippen LogP contribution in [0, 0.1) is 5.41 Å². The molecule has 0 saturated carbocycles. The number of thioether (sulfide) groups is 1. The Hall–Kier alpha value is -2.44. The number of hydrogen-bond donors (Lipinski definition) is 2. The fraction of sp³-hybridized carbons (Fsp3) is 0.182. The van der Waals surface area contributed by atoms with E-state index in [1.165, 1.54) is 25.3 Å². The van der Waals surface area contributed by atoms with Gasteiger partial charge >= 0.3 is 5.97 Å². The number of ketones is 1. The first kappa shape index (κ1) is 27.6. The van der Waals surface area contributed by atoms with Gasteiger partial charge in [0.05, 0.1) is 19.2 Å². The van der Waals surface area contributed by atoms with Gasteiger partial charge in [0, 0.05) is 59.9 Å². The van der Waals surface area contributed by atoms with Crippen molar-refractivity contribution in [1.82, 2.24) is 0 Å². The Balaban J connectivity index is 0.00000512. The average molecular weight is 565 g/mol. The van der Waals surface area contributed by atoms with Crippen LogP contribution in [0.15, 0.2) is 54.2 Å². The molecular weight excluding hydrogens is 544 g/mol. The van der Waals surface area contributed by atoms with E-state index in [0.29, 0.717) is 28.5 Å². The molecule has 0 saturated heterocycles. The molecule has 0 spiro atoms. The zero-order chi connectivity index (χ0) is 22.8. The molecule has 2 rings (SSSR count). The van der Waals surface area contributed by atoms with Gasteiger partial charge in [-0.2, -0.15) is 18.0 Å². The molecule has 7 nitrogen and oxygen atoms in total.